The maximum Gasteiger partial charge on any atom is 0.160 e. The number of hydrogen-bond acceptors (Lipinski definition) is 2. The van der Waals surface area contributed by atoms with Gasteiger partial charge in [0.05, 0.1) is 16.6 Å². The van der Waals surface area contributed by atoms with Gasteiger partial charge in [0.25, 0.3) is 0 Å². The molecule has 0 radical (unpaired) electrons. The summed E-state index contributed by atoms with van der Waals surface area (Å²) in [7, 11) is 0. The molecular weight excluding hydrogens is 342 g/mol. The third-order valence-corrected chi connectivity index (χ3v) is 5.40. The molecule has 0 aliphatic rings. The van der Waals surface area contributed by atoms with Crippen LogP contribution in [0.15, 0.2) is 91.0 Å². The Morgan fingerprint density at radius 1 is 0.643 bits per heavy atom. The standard InChI is InChI=1S/C25H17N3/c1-2-8-17(9-3-1)16-28-23-13-7-6-12-20(23)24-25(28)27-22-15-19-11-5-4-10-18(19)14-21(22)26-24/h1-15H,16H2. The first-order chi connectivity index (χ1) is 13.9. The second kappa shape index (κ2) is 5.89. The van der Waals surface area contributed by atoms with Gasteiger partial charge in [-0.25, -0.2) is 9.97 Å². The summed E-state index contributed by atoms with van der Waals surface area (Å²) in [5.74, 6) is 0. The van der Waals surface area contributed by atoms with Crippen LogP contribution in [0, 0.1) is 0 Å². The lowest BCUT2D eigenvalue weighted by molar-refractivity contribution is 0.857. The molecule has 4 aromatic carbocycles. The Labute approximate surface area is 161 Å². The third kappa shape index (κ3) is 2.30. The molecule has 0 N–H and O–H groups in total. The summed E-state index contributed by atoms with van der Waals surface area (Å²) in [6.45, 7) is 0.776. The van der Waals surface area contributed by atoms with Gasteiger partial charge in [-0.2, -0.15) is 0 Å². The molecule has 3 heteroatoms. The van der Waals surface area contributed by atoms with Crippen LogP contribution in [0.5, 0.6) is 0 Å². The van der Waals surface area contributed by atoms with Crippen molar-refractivity contribution in [2.24, 2.45) is 0 Å². The Hall–Kier alpha value is -3.72. The maximum absolute atomic E-state index is 5.06. The van der Waals surface area contributed by atoms with Crippen LogP contribution < -0.4 is 0 Å². The first-order valence-corrected chi connectivity index (χ1v) is 9.48. The molecule has 0 bridgehead atoms. The van der Waals surface area contributed by atoms with Crippen molar-refractivity contribution in [3.8, 4) is 0 Å². The Bertz CT molecular complexity index is 1480. The van der Waals surface area contributed by atoms with Crippen LogP contribution in [-0.2, 0) is 6.54 Å². The number of nitrogens with zero attached hydrogens (tertiary/aromatic N) is 3. The van der Waals surface area contributed by atoms with E-state index < -0.39 is 0 Å². The molecule has 0 unspecified atom stereocenters. The lowest BCUT2D eigenvalue weighted by Crippen LogP contribution is -2.01. The van der Waals surface area contributed by atoms with Crippen LogP contribution in [-0.4, -0.2) is 14.5 Å². The lowest BCUT2D eigenvalue weighted by atomic mass is 10.1. The molecule has 0 aliphatic heterocycles. The molecule has 132 valence electrons. The number of aromatic nitrogens is 3. The van der Waals surface area contributed by atoms with Crippen molar-refractivity contribution in [1.82, 2.24) is 14.5 Å². The maximum atomic E-state index is 5.06. The quantitative estimate of drug-likeness (QED) is 0.358. The summed E-state index contributed by atoms with van der Waals surface area (Å²) in [4.78, 5) is 10.1. The highest BCUT2D eigenvalue weighted by molar-refractivity contribution is 6.07. The fourth-order valence-corrected chi connectivity index (χ4v) is 4.05. The van der Waals surface area contributed by atoms with Crippen molar-refractivity contribution < 1.29 is 0 Å². The van der Waals surface area contributed by atoms with Crippen LogP contribution in [0.4, 0.5) is 0 Å². The number of hydrogen-bond donors (Lipinski definition) is 0. The smallest absolute Gasteiger partial charge is 0.160 e. The van der Waals surface area contributed by atoms with Crippen LogP contribution in [0.3, 0.4) is 0 Å². The minimum absolute atomic E-state index is 0.776. The monoisotopic (exact) mass is 359 g/mol. The zero-order valence-electron chi connectivity index (χ0n) is 15.2. The van der Waals surface area contributed by atoms with Crippen molar-refractivity contribution in [3.05, 3.63) is 96.6 Å². The van der Waals surface area contributed by atoms with Gasteiger partial charge in [0.2, 0.25) is 0 Å². The van der Waals surface area contributed by atoms with Gasteiger partial charge >= 0.3 is 0 Å². The molecule has 0 aliphatic carbocycles. The molecule has 0 amide bonds. The second-order valence-corrected chi connectivity index (χ2v) is 7.17. The van der Waals surface area contributed by atoms with E-state index in [-0.39, 0.29) is 0 Å². The number of rotatable bonds is 2. The average Bonchev–Trinajstić information content (AvgIpc) is 3.04. The molecule has 28 heavy (non-hydrogen) atoms. The number of benzene rings is 4. The first kappa shape index (κ1) is 15.3. The SMILES string of the molecule is c1ccc(Cn2c3ccccc3c3nc4cc5ccccc5cc4nc32)cc1. The van der Waals surface area contributed by atoms with Gasteiger partial charge in [0.15, 0.2) is 5.65 Å². The minimum atomic E-state index is 0.776. The summed E-state index contributed by atoms with van der Waals surface area (Å²) in [6, 6.07) is 31.6. The molecule has 3 nitrogen and oxygen atoms in total. The fraction of sp³-hybridized carbons (Fsp3) is 0.0400. The van der Waals surface area contributed by atoms with Crippen LogP contribution in [0.2, 0.25) is 0 Å². The normalized spacial score (nSPS) is 11.7. The Morgan fingerprint density at radius 3 is 2.07 bits per heavy atom. The first-order valence-electron chi connectivity index (χ1n) is 9.48. The second-order valence-electron chi connectivity index (χ2n) is 7.17. The molecule has 2 heterocycles. The summed E-state index contributed by atoms with van der Waals surface area (Å²) in [5.41, 5.74) is 6.20. The van der Waals surface area contributed by atoms with Gasteiger partial charge < -0.3 is 4.57 Å². The number of para-hydroxylation sites is 1. The fourth-order valence-electron chi connectivity index (χ4n) is 4.05. The van der Waals surface area contributed by atoms with Gasteiger partial charge in [-0.15, -0.1) is 0 Å². The lowest BCUT2D eigenvalue weighted by Gasteiger charge is -2.07. The van der Waals surface area contributed by atoms with E-state index in [9.17, 15) is 0 Å². The van der Waals surface area contributed by atoms with Crippen LogP contribution in [0.1, 0.15) is 5.56 Å². The van der Waals surface area contributed by atoms with Crippen molar-refractivity contribution in [1.29, 1.82) is 0 Å². The predicted molar refractivity (Wildman–Crippen MR) is 116 cm³/mol. The average molecular weight is 359 g/mol. The van der Waals surface area contributed by atoms with E-state index in [0.717, 1.165) is 34.1 Å². The summed E-state index contributed by atoms with van der Waals surface area (Å²) in [6.07, 6.45) is 0. The number of fused-ring (bicyclic) bond motifs is 5. The van der Waals surface area contributed by atoms with Gasteiger partial charge in [0.1, 0.15) is 5.52 Å². The van der Waals surface area contributed by atoms with Gasteiger partial charge in [-0.3, -0.25) is 0 Å². The summed E-state index contributed by atoms with van der Waals surface area (Å²) < 4.78 is 2.28. The van der Waals surface area contributed by atoms with Crippen molar-refractivity contribution in [2.75, 3.05) is 0 Å². The largest absolute Gasteiger partial charge is 0.319 e. The summed E-state index contributed by atoms with van der Waals surface area (Å²) in [5, 5.41) is 3.53. The zero-order chi connectivity index (χ0) is 18.5. The van der Waals surface area contributed by atoms with E-state index in [1.807, 2.05) is 6.07 Å². The highest BCUT2D eigenvalue weighted by Crippen LogP contribution is 2.30. The van der Waals surface area contributed by atoms with E-state index >= 15 is 0 Å². The van der Waals surface area contributed by atoms with Gasteiger partial charge in [-0.1, -0.05) is 72.8 Å². The third-order valence-electron chi connectivity index (χ3n) is 5.40. The zero-order valence-corrected chi connectivity index (χ0v) is 15.2. The van der Waals surface area contributed by atoms with Crippen LogP contribution >= 0.6 is 0 Å². The van der Waals surface area contributed by atoms with Crippen LogP contribution in [0.25, 0.3) is 43.9 Å². The van der Waals surface area contributed by atoms with Gasteiger partial charge in [0, 0.05) is 11.9 Å². The van der Waals surface area contributed by atoms with E-state index in [4.69, 9.17) is 9.97 Å². The van der Waals surface area contributed by atoms with E-state index in [1.54, 1.807) is 0 Å². The summed E-state index contributed by atoms with van der Waals surface area (Å²) >= 11 is 0. The molecule has 0 fully saturated rings. The molecule has 0 spiro atoms. The molecule has 2 aromatic heterocycles. The van der Waals surface area contributed by atoms with Crippen molar-refractivity contribution in [3.63, 3.8) is 0 Å². The van der Waals surface area contributed by atoms with E-state index in [1.165, 1.54) is 21.9 Å². The van der Waals surface area contributed by atoms with Crippen molar-refractivity contribution >= 4 is 43.9 Å². The molecule has 0 atom stereocenters. The molecule has 6 rings (SSSR count). The topological polar surface area (TPSA) is 30.7 Å². The molecule has 0 saturated carbocycles. The molecule has 0 saturated heterocycles. The highest BCUT2D eigenvalue weighted by atomic mass is 15.1. The Kier molecular flexibility index (Phi) is 3.23. The van der Waals surface area contributed by atoms with Crippen molar-refractivity contribution in [2.45, 2.75) is 6.54 Å². The predicted octanol–water partition coefficient (Wildman–Crippen LogP) is 5.94. The highest BCUT2D eigenvalue weighted by Gasteiger charge is 2.15. The molecule has 6 aromatic rings. The Morgan fingerprint density at radius 2 is 1.29 bits per heavy atom. The van der Waals surface area contributed by atoms with Gasteiger partial charge in [-0.05, 0) is 34.5 Å². The van der Waals surface area contributed by atoms with E-state index in [2.05, 4.69) is 89.5 Å². The van der Waals surface area contributed by atoms with E-state index in [0.29, 0.717) is 0 Å². The Balaban J connectivity index is 1.70. The minimum Gasteiger partial charge on any atom is -0.319 e. The molecular formula is C25H17N3.